The maximum absolute atomic E-state index is 5.64. The minimum absolute atomic E-state index is 0.309. The molecule has 2 aromatic heterocycles. The Balaban J connectivity index is 1.76. The van der Waals surface area contributed by atoms with E-state index in [9.17, 15) is 0 Å². The molecule has 3 rings (SSSR count). The fourth-order valence-corrected chi connectivity index (χ4v) is 2.77. The van der Waals surface area contributed by atoms with E-state index in [4.69, 9.17) is 25.5 Å². The second-order valence-corrected chi connectivity index (χ2v) is 5.81. The predicted octanol–water partition coefficient (Wildman–Crippen LogP) is 2.00. The zero-order chi connectivity index (χ0) is 17.8. The van der Waals surface area contributed by atoms with E-state index in [2.05, 4.69) is 20.1 Å². The Morgan fingerprint density at radius 2 is 1.80 bits per heavy atom. The van der Waals surface area contributed by atoms with Crippen LogP contribution in [0.5, 0.6) is 11.5 Å². The van der Waals surface area contributed by atoms with Crippen LogP contribution in [-0.2, 0) is 5.75 Å². The predicted molar refractivity (Wildman–Crippen MR) is 93.3 cm³/mol. The number of methoxy groups -OCH3 is 2. The molecule has 0 spiro atoms. The molecule has 25 heavy (non-hydrogen) atoms. The molecule has 9 nitrogen and oxygen atoms in total. The minimum Gasteiger partial charge on any atom is -0.497 e. The number of hydrogen-bond donors (Lipinski definition) is 2. The third-order valence-electron chi connectivity index (χ3n) is 3.19. The second kappa shape index (κ2) is 7.26. The molecule has 1 aromatic carbocycles. The molecule has 10 heteroatoms. The number of ether oxygens (including phenoxy) is 2. The van der Waals surface area contributed by atoms with Crippen LogP contribution in [0.25, 0.3) is 11.4 Å². The highest BCUT2D eigenvalue weighted by Gasteiger charge is 2.15. The van der Waals surface area contributed by atoms with Crippen LogP contribution in [0, 0.1) is 0 Å². The SMILES string of the molecule is COc1ccc(-c2noc(CSc3nc(N)cc(N)n3)n2)c(OC)c1. The summed E-state index contributed by atoms with van der Waals surface area (Å²) in [5.74, 6) is 3.11. The maximum Gasteiger partial charge on any atom is 0.237 e. The van der Waals surface area contributed by atoms with Crippen molar-refractivity contribution in [1.29, 1.82) is 0 Å². The number of hydrogen-bond acceptors (Lipinski definition) is 10. The smallest absolute Gasteiger partial charge is 0.237 e. The third kappa shape index (κ3) is 3.91. The van der Waals surface area contributed by atoms with Gasteiger partial charge in [-0.05, 0) is 12.1 Å². The van der Waals surface area contributed by atoms with Gasteiger partial charge in [0.1, 0.15) is 23.1 Å². The third-order valence-corrected chi connectivity index (χ3v) is 4.02. The van der Waals surface area contributed by atoms with Crippen molar-refractivity contribution < 1.29 is 14.0 Å². The van der Waals surface area contributed by atoms with Gasteiger partial charge in [0.25, 0.3) is 0 Å². The highest BCUT2D eigenvalue weighted by molar-refractivity contribution is 7.98. The van der Waals surface area contributed by atoms with Gasteiger partial charge in [-0.1, -0.05) is 16.9 Å². The molecule has 0 aliphatic carbocycles. The van der Waals surface area contributed by atoms with Gasteiger partial charge in [0.05, 0.1) is 25.5 Å². The van der Waals surface area contributed by atoms with E-state index in [0.29, 0.717) is 51.3 Å². The molecule has 0 amide bonds. The van der Waals surface area contributed by atoms with Gasteiger partial charge in [-0.2, -0.15) is 4.98 Å². The molecule has 0 saturated carbocycles. The van der Waals surface area contributed by atoms with E-state index in [1.807, 2.05) is 0 Å². The zero-order valence-corrected chi connectivity index (χ0v) is 14.4. The van der Waals surface area contributed by atoms with Gasteiger partial charge < -0.3 is 25.5 Å². The average molecular weight is 360 g/mol. The monoisotopic (exact) mass is 360 g/mol. The lowest BCUT2D eigenvalue weighted by atomic mass is 10.2. The zero-order valence-electron chi connectivity index (χ0n) is 13.6. The Bertz CT molecular complexity index is 865. The number of nitrogens with two attached hydrogens (primary N) is 2. The van der Waals surface area contributed by atoms with Crippen molar-refractivity contribution in [1.82, 2.24) is 20.1 Å². The fourth-order valence-electron chi connectivity index (χ4n) is 2.06. The fraction of sp³-hybridized carbons (Fsp3) is 0.200. The van der Waals surface area contributed by atoms with Crippen molar-refractivity contribution in [3.05, 3.63) is 30.2 Å². The van der Waals surface area contributed by atoms with Crippen LogP contribution in [0.3, 0.4) is 0 Å². The topological polar surface area (TPSA) is 135 Å². The summed E-state index contributed by atoms with van der Waals surface area (Å²) in [7, 11) is 3.15. The van der Waals surface area contributed by atoms with E-state index in [-0.39, 0.29) is 0 Å². The molecule has 0 radical (unpaired) electrons. The quantitative estimate of drug-likeness (QED) is 0.496. The molecule has 2 heterocycles. The first kappa shape index (κ1) is 16.8. The first-order chi connectivity index (χ1) is 12.1. The number of rotatable bonds is 6. The van der Waals surface area contributed by atoms with Gasteiger partial charge >= 0.3 is 0 Å². The van der Waals surface area contributed by atoms with Crippen LogP contribution in [0.4, 0.5) is 11.6 Å². The lowest BCUT2D eigenvalue weighted by Gasteiger charge is -2.07. The van der Waals surface area contributed by atoms with E-state index >= 15 is 0 Å². The summed E-state index contributed by atoms with van der Waals surface area (Å²) < 4.78 is 15.8. The Hall–Kier alpha value is -3.01. The van der Waals surface area contributed by atoms with Crippen molar-refractivity contribution >= 4 is 23.4 Å². The highest BCUT2D eigenvalue weighted by Crippen LogP contribution is 2.32. The number of benzene rings is 1. The average Bonchev–Trinajstić information content (AvgIpc) is 3.07. The number of anilines is 2. The van der Waals surface area contributed by atoms with Crippen molar-refractivity contribution in [2.75, 3.05) is 25.7 Å². The maximum atomic E-state index is 5.64. The standard InChI is InChI=1S/C15H16N6O3S/c1-22-8-3-4-9(10(5-8)23-2)14-20-13(24-21-14)7-25-15-18-11(16)6-12(17)19-15/h3-6H,7H2,1-2H3,(H4,16,17,18,19). The Morgan fingerprint density at radius 3 is 2.48 bits per heavy atom. The van der Waals surface area contributed by atoms with Gasteiger partial charge in [-0.3, -0.25) is 0 Å². The lowest BCUT2D eigenvalue weighted by Crippen LogP contribution is -1.99. The van der Waals surface area contributed by atoms with E-state index in [1.54, 1.807) is 32.4 Å². The summed E-state index contributed by atoms with van der Waals surface area (Å²) in [6, 6.07) is 6.85. The normalized spacial score (nSPS) is 10.6. The molecule has 3 aromatic rings. The first-order valence-electron chi connectivity index (χ1n) is 7.17. The van der Waals surface area contributed by atoms with Crippen molar-refractivity contribution in [3.8, 4) is 22.9 Å². The highest BCUT2D eigenvalue weighted by atomic mass is 32.2. The molecule has 0 aliphatic rings. The van der Waals surface area contributed by atoms with E-state index in [1.165, 1.54) is 17.8 Å². The molecular weight excluding hydrogens is 344 g/mol. The summed E-state index contributed by atoms with van der Waals surface area (Å²) in [6.07, 6.45) is 0. The van der Waals surface area contributed by atoms with Crippen molar-refractivity contribution in [2.45, 2.75) is 10.9 Å². The molecular formula is C15H16N6O3S. The molecule has 0 aliphatic heterocycles. The summed E-state index contributed by atoms with van der Waals surface area (Å²) in [4.78, 5) is 12.5. The molecule has 0 bridgehead atoms. The largest absolute Gasteiger partial charge is 0.497 e. The molecule has 0 unspecified atom stereocenters. The summed E-state index contributed by atoms with van der Waals surface area (Å²) >= 11 is 1.30. The number of thioether (sulfide) groups is 1. The van der Waals surface area contributed by atoms with Gasteiger partial charge in [0.2, 0.25) is 11.7 Å². The first-order valence-corrected chi connectivity index (χ1v) is 8.15. The van der Waals surface area contributed by atoms with Crippen molar-refractivity contribution in [3.63, 3.8) is 0 Å². The van der Waals surface area contributed by atoms with Crippen LogP contribution < -0.4 is 20.9 Å². The van der Waals surface area contributed by atoms with Gasteiger partial charge in [-0.15, -0.1) is 0 Å². The van der Waals surface area contributed by atoms with Crippen LogP contribution in [0.2, 0.25) is 0 Å². The number of aromatic nitrogens is 4. The lowest BCUT2D eigenvalue weighted by molar-refractivity contribution is 0.388. The molecule has 0 saturated heterocycles. The van der Waals surface area contributed by atoms with Crippen LogP contribution in [-0.4, -0.2) is 34.3 Å². The second-order valence-electron chi connectivity index (χ2n) is 4.87. The Kier molecular flexibility index (Phi) is 4.89. The van der Waals surface area contributed by atoms with Crippen LogP contribution >= 0.6 is 11.8 Å². The van der Waals surface area contributed by atoms with Gasteiger partial charge in [0.15, 0.2) is 5.16 Å². The number of nitrogens with zero attached hydrogens (tertiary/aromatic N) is 4. The van der Waals surface area contributed by atoms with Crippen LogP contribution in [0.1, 0.15) is 5.89 Å². The van der Waals surface area contributed by atoms with Gasteiger partial charge in [-0.25, -0.2) is 9.97 Å². The molecule has 0 atom stereocenters. The van der Waals surface area contributed by atoms with E-state index < -0.39 is 0 Å². The van der Waals surface area contributed by atoms with Gasteiger partial charge in [0, 0.05) is 12.1 Å². The summed E-state index contributed by atoms with van der Waals surface area (Å²) in [5, 5.41) is 4.43. The minimum atomic E-state index is 0.309. The summed E-state index contributed by atoms with van der Waals surface area (Å²) in [5.41, 5.74) is 12.0. The number of nitrogen functional groups attached to an aromatic ring is 2. The molecule has 0 fully saturated rings. The Labute approximate surface area is 147 Å². The van der Waals surface area contributed by atoms with Crippen LogP contribution in [0.15, 0.2) is 33.9 Å². The molecule has 130 valence electrons. The molecule has 4 N–H and O–H groups in total. The summed E-state index contributed by atoms with van der Waals surface area (Å²) in [6.45, 7) is 0. The van der Waals surface area contributed by atoms with E-state index in [0.717, 1.165) is 0 Å². The Morgan fingerprint density at radius 1 is 1.04 bits per heavy atom. The van der Waals surface area contributed by atoms with Crippen molar-refractivity contribution in [2.24, 2.45) is 0 Å².